The van der Waals surface area contributed by atoms with Gasteiger partial charge in [-0.25, -0.2) is 0 Å². The van der Waals surface area contributed by atoms with Crippen LogP contribution in [-0.2, 0) is 0 Å². The van der Waals surface area contributed by atoms with E-state index >= 15 is 0 Å². The number of nitrogens with two attached hydrogens (primary N) is 1. The number of nitrogens with zero attached hydrogens (tertiary/aromatic N) is 2. The molecule has 5 nitrogen and oxygen atoms in total. The minimum absolute atomic E-state index is 0.0540. The first-order valence-corrected chi connectivity index (χ1v) is 7.51. The number of benzene rings is 1. The summed E-state index contributed by atoms with van der Waals surface area (Å²) in [6.07, 6.45) is 3.64. The van der Waals surface area contributed by atoms with Crippen LogP contribution < -0.4 is 10.5 Å². The van der Waals surface area contributed by atoms with E-state index in [1.165, 1.54) is 12.8 Å². The van der Waals surface area contributed by atoms with Crippen molar-refractivity contribution in [1.82, 2.24) is 4.90 Å². The lowest BCUT2D eigenvalue weighted by molar-refractivity contribution is 0.125. The van der Waals surface area contributed by atoms with Gasteiger partial charge in [0.05, 0.1) is 5.56 Å². The highest BCUT2D eigenvalue weighted by atomic mass is 79.9. The molecule has 1 aromatic rings. The maximum Gasteiger partial charge on any atom is 0.173 e. The summed E-state index contributed by atoms with van der Waals surface area (Å²) in [6, 6.07) is 5.93. The Morgan fingerprint density at radius 3 is 3.05 bits per heavy atom. The monoisotopic (exact) mass is 341 g/mol. The Morgan fingerprint density at radius 2 is 2.35 bits per heavy atom. The molecule has 110 valence electrons. The van der Waals surface area contributed by atoms with Crippen LogP contribution in [0.3, 0.4) is 0 Å². The van der Waals surface area contributed by atoms with Crippen molar-refractivity contribution in [3.8, 4) is 5.75 Å². The molecule has 0 saturated carbocycles. The van der Waals surface area contributed by atoms with Gasteiger partial charge in [0.1, 0.15) is 12.4 Å². The van der Waals surface area contributed by atoms with Crippen LogP contribution in [0, 0.1) is 0 Å². The number of halogens is 1. The quantitative estimate of drug-likeness (QED) is 0.382. The number of likely N-dealkylation sites (tertiary alicyclic amines) is 1. The van der Waals surface area contributed by atoms with E-state index in [4.69, 9.17) is 15.7 Å². The molecular weight excluding hydrogens is 322 g/mol. The normalized spacial score (nSPS) is 20.9. The number of oxime groups is 1. The lowest BCUT2D eigenvalue weighted by Crippen LogP contribution is -2.40. The summed E-state index contributed by atoms with van der Waals surface area (Å²) in [5.74, 6) is 0.695. The molecule has 1 atom stereocenters. The van der Waals surface area contributed by atoms with E-state index in [-0.39, 0.29) is 5.84 Å². The van der Waals surface area contributed by atoms with Crippen LogP contribution in [0.15, 0.2) is 27.8 Å². The zero-order valence-electron chi connectivity index (χ0n) is 11.6. The van der Waals surface area contributed by atoms with Crippen molar-refractivity contribution in [2.45, 2.75) is 25.3 Å². The predicted octanol–water partition coefficient (Wildman–Crippen LogP) is 2.41. The molecule has 1 unspecified atom stereocenters. The Balaban J connectivity index is 2.09. The zero-order valence-corrected chi connectivity index (χ0v) is 13.1. The second kappa shape index (κ2) is 6.95. The van der Waals surface area contributed by atoms with Gasteiger partial charge in [-0.1, -0.05) is 27.5 Å². The van der Waals surface area contributed by atoms with Crippen LogP contribution in [0.25, 0.3) is 0 Å². The van der Waals surface area contributed by atoms with E-state index < -0.39 is 0 Å². The molecule has 0 bridgehead atoms. The molecule has 3 N–H and O–H groups in total. The fourth-order valence-corrected chi connectivity index (χ4v) is 2.78. The highest BCUT2D eigenvalue weighted by Crippen LogP contribution is 2.24. The van der Waals surface area contributed by atoms with Gasteiger partial charge in [0, 0.05) is 10.5 Å². The maximum atomic E-state index is 8.85. The summed E-state index contributed by atoms with van der Waals surface area (Å²) < 4.78 is 6.75. The molecule has 0 radical (unpaired) electrons. The van der Waals surface area contributed by atoms with Gasteiger partial charge in [0.15, 0.2) is 5.84 Å². The van der Waals surface area contributed by atoms with Crippen molar-refractivity contribution < 1.29 is 9.94 Å². The van der Waals surface area contributed by atoms with E-state index in [0.717, 1.165) is 17.4 Å². The third kappa shape index (κ3) is 3.64. The number of ether oxygens (including phenoxy) is 1. The fourth-order valence-electron chi connectivity index (χ4n) is 2.42. The van der Waals surface area contributed by atoms with Crippen LogP contribution in [-0.4, -0.2) is 42.2 Å². The second-order valence-electron chi connectivity index (χ2n) is 5.07. The van der Waals surface area contributed by atoms with Gasteiger partial charge >= 0.3 is 0 Å². The van der Waals surface area contributed by atoms with Gasteiger partial charge < -0.3 is 20.6 Å². The predicted molar refractivity (Wildman–Crippen MR) is 82.4 cm³/mol. The van der Waals surface area contributed by atoms with Crippen LogP contribution in [0.4, 0.5) is 0 Å². The molecule has 20 heavy (non-hydrogen) atoms. The van der Waals surface area contributed by atoms with Crippen LogP contribution >= 0.6 is 15.9 Å². The molecule has 1 fully saturated rings. The van der Waals surface area contributed by atoms with E-state index in [9.17, 15) is 0 Å². The molecule has 0 amide bonds. The number of hydrogen-bond acceptors (Lipinski definition) is 4. The molecule has 1 saturated heterocycles. The number of piperidine rings is 1. The Labute approximate surface area is 127 Å². The van der Waals surface area contributed by atoms with Crippen LogP contribution in [0.1, 0.15) is 24.8 Å². The first-order valence-electron chi connectivity index (χ1n) is 6.72. The summed E-state index contributed by atoms with van der Waals surface area (Å²) in [6.45, 7) is 1.73. The number of likely N-dealkylation sites (N-methyl/N-ethyl adjacent to an activating group) is 1. The van der Waals surface area contributed by atoms with Gasteiger partial charge in [0.2, 0.25) is 0 Å². The molecule has 0 aliphatic carbocycles. The van der Waals surface area contributed by atoms with E-state index in [1.54, 1.807) is 6.07 Å². The minimum Gasteiger partial charge on any atom is -0.491 e. The Bertz CT molecular complexity index is 493. The van der Waals surface area contributed by atoms with Crippen molar-refractivity contribution in [3.05, 3.63) is 28.2 Å². The molecule has 6 heteroatoms. The zero-order chi connectivity index (χ0) is 14.5. The van der Waals surface area contributed by atoms with E-state index in [1.807, 2.05) is 12.1 Å². The largest absolute Gasteiger partial charge is 0.491 e. The summed E-state index contributed by atoms with van der Waals surface area (Å²) in [7, 11) is 2.12. The first-order chi connectivity index (χ1) is 9.61. The third-order valence-corrected chi connectivity index (χ3v) is 4.17. The molecule has 0 aromatic heterocycles. The third-order valence-electron chi connectivity index (χ3n) is 3.68. The van der Waals surface area contributed by atoms with Crippen LogP contribution in [0.5, 0.6) is 5.75 Å². The molecule has 0 spiro atoms. The van der Waals surface area contributed by atoms with Crippen molar-refractivity contribution in [2.24, 2.45) is 10.9 Å². The van der Waals surface area contributed by atoms with Gasteiger partial charge in [-0.15, -0.1) is 0 Å². The molecule has 1 aliphatic rings. The molecule has 1 heterocycles. The second-order valence-corrected chi connectivity index (χ2v) is 5.98. The molecular formula is C14H20BrN3O2. The topological polar surface area (TPSA) is 71.1 Å². The molecule has 1 aromatic carbocycles. The average molecular weight is 342 g/mol. The molecule has 2 rings (SSSR count). The van der Waals surface area contributed by atoms with Crippen molar-refractivity contribution in [3.63, 3.8) is 0 Å². The SMILES string of the molecule is CN1CCCCC1COc1ccc(Br)cc1/C(N)=N/O. The summed E-state index contributed by atoms with van der Waals surface area (Å²) in [4.78, 5) is 2.32. The van der Waals surface area contributed by atoms with Crippen molar-refractivity contribution in [1.29, 1.82) is 0 Å². The first kappa shape index (κ1) is 15.1. The van der Waals surface area contributed by atoms with E-state index in [2.05, 4.69) is 33.0 Å². The van der Waals surface area contributed by atoms with Gasteiger partial charge in [-0.3, -0.25) is 0 Å². The maximum absolute atomic E-state index is 8.85. The Morgan fingerprint density at radius 1 is 1.55 bits per heavy atom. The number of hydrogen-bond donors (Lipinski definition) is 2. The number of rotatable bonds is 4. The summed E-state index contributed by atoms with van der Waals surface area (Å²) in [5.41, 5.74) is 6.29. The van der Waals surface area contributed by atoms with Gasteiger partial charge in [0.25, 0.3) is 0 Å². The number of amidine groups is 1. The van der Waals surface area contributed by atoms with Gasteiger partial charge in [-0.2, -0.15) is 0 Å². The lowest BCUT2D eigenvalue weighted by Gasteiger charge is -2.32. The van der Waals surface area contributed by atoms with E-state index in [0.29, 0.717) is 24.0 Å². The minimum atomic E-state index is 0.0540. The van der Waals surface area contributed by atoms with Crippen molar-refractivity contribution in [2.75, 3.05) is 20.2 Å². The Hall–Kier alpha value is -1.27. The lowest BCUT2D eigenvalue weighted by atomic mass is 10.0. The summed E-state index contributed by atoms with van der Waals surface area (Å²) >= 11 is 3.38. The van der Waals surface area contributed by atoms with Crippen molar-refractivity contribution >= 4 is 21.8 Å². The highest BCUT2D eigenvalue weighted by Gasteiger charge is 2.20. The molecule has 1 aliphatic heterocycles. The smallest absolute Gasteiger partial charge is 0.173 e. The average Bonchev–Trinajstić information content (AvgIpc) is 2.46. The fraction of sp³-hybridized carbons (Fsp3) is 0.500. The Kier molecular flexibility index (Phi) is 5.25. The van der Waals surface area contributed by atoms with Gasteiger partial charge in [-0.05, 0) is 44.6 Å². The summed E-state index contributed by atoms with van der Waals surface area (Å²) in [5, 5.41) is 11.9. The van der Waals surface area contributed by atoms with Crippen LogP contribution in [0.2, 0.25) is 0 Å². The highest BCUT2D eigenvalue weighted by molar-refractivity contribution is 9.10. The standard InChI is InChI=1S/C14H20BrN3O2/c1-18-7-3-2-4-11(18)9-20-13-6-5-10(15)8-12(13)14(16)17-19/h5-6,8,11,19H,2-4,7,9H2,1H3,(H2,16,17).